The van der Waals surface area contributed by atoms with Crippen molar-refractivity contribution < 1.29 is 17.9 Å². The van der Waals surface area contributed by atoms with Crippen molar-refractivity contribution in [3.63, 3.8) is 0 Å². The quantitative estimate of drug-likeness (QED) is 0.507. The van der Waals surface area contributed by atoms with Gasteiger partial charge in [-0.25, -0.2) is 18.4 Å². The van der Waals surface area contributed by atoms with Crippen molar-refractivity contribution in [1.29, 1.82) is 0 Å². The first-order valence-electron chi connectivity index (χ1n) is 10.0. The lowest BCUT2D eigenvalue weighted by molar-refractivity contribution is 0.0966. The van der Waals surface area contributed by atoms with E-state index in [2.05, 4.69) is 42.9 Å². The van der Waals surface area contributed by atoms with Crippen LogP contribution >= 0.6 is 0 Å². The predicted octanol–water partition coefficient (Wildman–Crippen LogP) is 4.72. The van der Waals surface area contributed by atoms with Crippen molar-refractivity contribution >= 4 is 15.6 Å². The second-order valence-corrected chi connectivity index (χ2v) is 9.91. The monoisotopic (exact) mass is 430 g/mol. The third-order valence-corrected chi connectivity index (χ3v) is 5.37. The zero-order valence-corrected chi connectivity index (χ0v) is 19.0. The summed E-state index contributed by atoms with van der Waals surface area (Å²) in [4.78, 5) is 20.7. The lowest BCUT2D eigenvalue weighted by atomic mass is 9.95. The molecule has 0 unspecified atom stereocenters. The Morgan fingerprint density at radius 3 is 2.33 bits per heavy atom. The van der Waals surface area contributed by atoms with Crippen LogP contribution in [0.4, 0.5) is 0 Å². The smallest absolute Gasteiger partial charge is 0.200 e. The van der Waals surface area contributed by atoms with Crippen LogP contribution in [-0.2, 0) is 9.84 Å². The van der Waals surface area contributed by atoms with Gasteiger partial charge in [0, 0.05) is 18.1 Å². The van der Waals surface area contributed by atoms with E-state index < -0.39 is 9.84 Å². The van der Waals surface area contributed by atoms with Crippen LogP contribution in [-0.4, -0.2) is 30.4 Å². The molecule has 0 aliphatic heterocycles. The van der Waals surface area contributed by atoms with E-state index in [0.29, 0.717) is 12.2 Å². The zero-order chi connectivity index (χ0) is 22.3. The molecule has 0 aliphatic rings. The molecule has 0 fully saturated rings. The molecule has 7 heteroatoms. The van der Waals surface area contributed by atoms with Gasteiger partial charge in [-0.1, -0.05) is 51.1 Å². The van der Waals surface area contributed by atoms with Crippen molar-refractivity contribution in [2.75, 3.05) is 6.26 Å². The fraction of sp³-hybridized carbons (Fsp3) is 0.435. The number of sulfone groups is 1. The standard InChI is InChI=1S/C23H30N2O4S/c1-16(2)22(20-9-7-6-8-18(20)4)29-19-14-24-23(25-15-19)21(26)11-10-17(3)12-13-30(5,27)28/h6-9,12-17,22H,10-11H2,1-5H3/b13-12+/t17-,22+/m0/s1. The van der Waals surface area contributed by atoms with Gasteiger partial charge in [-0.2, -0.15) is 0 Å². The van der Waals surface area contributed by atoms with Crippen LogP contribution in [0.2, 0.25) is 0 Å². The highest BCUT2D eigenvalue weighted by Gasteiger charge is 2.20. The van der Waals surface area contributed by atoms with Gasteiger partial charge >= 0.3 is 0 Å². The normalized spacial score (nSPS) is 14.1. The highest BCUT2D eigenvalue weighted by atomic mass is 32.2. The minimum atomic E-state index is -3.16. The molecule has 0 aliphatic carbocycles. The first-order chi connectivity index (χ1) is 14.1. The Morgan fingerprint density at radius 1 is 1.13 bits per heavy atom. The number of ether oxygens (including phenoxy) is 1. The number of benzene rings is 1. The van der Waals surface area contributed by atoms with Crippen LogP contribution in [0.1, 0.15) is 61.5 Å². The van der Waals surface area contributed by atoms with Crippen LogP contribution in [0.15, 0.2) is 48.1 Å². The van der Waals surface area contributed by atoms with E-state index in [-0.39, 0.29) is 36.0 Å². The Labute approximate surface area is 179 Å². The van der Waals surface area contributed by atoms with Gasteiger partial charge in [-0.15, -0.1) is 0 Å². The van der Waals surface area contributed by atoms with Gasteiger partial charge in [-0.3, -0.25) is 4.79 Å². The molecule has 0 bridgehead atoms. The SMILES string of the molecule is Cc1ccccc1[C@H](Oc1cnc(C(=O)CC[C@H](C)/C=C/S(C)(=O)=O)nc1)C(C)C. The Morgan fingerprint density at radius 2 is 1.77 bits per heavy atom. The Kier molecular flexibility index (Phi) is 8.29. The number of carbonyl (C=O) groups excluding carboxylic acids is 1. The summed E-state index contributed by atoms with van der Waals surface area (Å²) in [6.45, 7) is 8.10. The number of aryl methyl sites for hydroxylation is 1. The summed E-state index contributed by atoms with van der Waals surface area (Å²) in [5.41, 5.74) is 2.27. The lowest BCUT2D eigenvalue weighted by Gasteiger charge is -2.24. The number of allylic oxidation sites excluding steroid dienone is 1. The molecule has 0 amide bonds. The molecular weight excluding hydrogens is 400 g/mol. The van der Waals surface area contributed by atoms with Crippen molar-refractivity contribution in [3.05, 3.63) is 65.1 Å². The van der Waals surface area contributed by atoms with E-state index in [1.54, 1.807) is 6.08 Å². The van der Waals surface area contributed by atoms with Gasteiger partial charge in [0.25, 0.3) is 0 Å². The van der Waals surface area contributed by atoms with Crippen molar-refractivity contribution in [1.82, 2.24) is 9.97 Å². The molecule has 2 aromatic rings. The van der Waals surface area contributed by atoms with Gasteiger partial charge in [0.1, 0.15) is 6.10 Å². The zero-order valence-electron chi connectivity index (χ0n) is 18.2. The maximum Gasteiger partial charge on any atom is 0.200 e. The minimum Gasteiger partial charge on any atom is -0.482 e. The number of rotatable bonds is 10. The third kappa shape index (κ3) is 7.37. The molecule has 6 nitrogen and oxygen atoms in total. The highest BCUT2D eigenvalue weighted by molar-refractivity contribution is 7.93. The largest absolute Gasteiger partial charge is 0.482 e. The van der Waals surface area contributed by atoms with Crippen LogP contribution in [0.25, 0.3) is 0 Å². The van der Waals surface area contributed by atoms with E-state index in [0.717, 1.165) is 17.4 Å². The summed E-state index contributed by atoms with van der Waals surface area (Å²) in [5, 5.41) is 1.17. The van der Waals surface area contributed by atoms with Crippen molar-refractivity contribution in [2.45, 2.75) is 46.6 Å². The number of ketones is 1. The molecule has 0 N–H and O–H groups in total. The number of Topliss-reactive ketones (excluding diaryl/α,β-unsaturated/α-hetero) is 1. The van der Waals surface area contributed by atoms with Crippen LogP contribution in [0.5, 0.6) is 5.75 Å². The third-order valence-electron chi connectivity index (χ3n) is 4.72. The maximum absolute atomic E-state index is 12.3. The average Bonchev–Trinajstić information content (AvgIpc) is 2.69. The second kappa shape index (κ2) is 10.5. The highest BCUT2D eigenvalue weighted by Crippen LogP contribution is 2.29. The molecule has 2 atom stereocenters. The first-order valence-corrected chi connectivity index (χ1v) is 12.0. The van der Waals surface area contributed by atoms with E-state index in [4.69, 9.17) is 4.74 Å². The lowest BCUT2D eigenvalue weighted by Crippen LogP contribution is -2.16. The van der Waals surface area contributed by atoms with Gasteiger partial charge in [0.15, 0.2) is 27.2 Å². The van der Waals surface area contributed by atoms with Crippen molar-refractivity contribution in [3.8, 4) is 5.75 Å². The molecule has 2 rings (SSSR count). The second-order valence-electron chi connectivity index (χ2n) is 7.98. The molecule has 1 heterocycles. The minimum absolute atomic E-state index is 0.0350. The number of nitrogens with zero attached hydrogens (tertiary/aromatic N) is 2. The fourth-order valence-electron chi connectivity index (χ4n) is 2.98. The molecule has 1 aromatic heterocycles. The molecule has 0 spiro atoms. The summed E-state index contributed by atoms with van der Waals surface area (Å²) in [7, 11) is -3.16. The number of hydrogen-bond acceptors (Lipinski definition) is 6. The number of aromatic nitrogens is 2. The van der Waals surface area contributed by atoms with E-state index in [1.165, 1.54) is 17.8 Å². The maximum atomic E-state index is 12.3. The Hall–Kier alpha value is -2.54. The van der Waals surface area contributed by atoms with Crippen molar-refractivity contribution in [2.24, 2.45) is 11.8 Å². The first kappa shape index (κ1) is 23.7. The predicted molar refractivity (Wildman–Crippen MR) is 118 cm³/mol. The molecule has 30 heavy (non-hydrogen) atoms. The average molecular weight is 431 g/mol. The molecule has 162 valence electrons. The summed E-state index contributed by atoms with van der Waals surface area (Å²) in [6.07, 6.45) is 6.42. The van der Waals surface area contributed by atoms with E-state index in [9.17, 15) is 13.2 Å². The molecular formula is C23H30N2O4S. The Balaban J connectivity index is 2.01. The summed E-state index contributed by atoms with van der Waals surface area (Å²) in [5.74, 6) is 0.679. The van der Waals surface area contributed by atoms with Gasteiger partial charge in [-0.05, 0) is 36.3 Å². The van der Waals surface area contributed by atoms with Gasteiger partial charge < -0.3 is 4.74 Å². The van der Waals surface area contributed by atoms with Crippen LogP contribution < -0.4 is 4.74 Å². The Bertz CT molecular complexity index is 983. The summed E-state index contributed by atoms with van der Waals surface area (Å²) >= 11 is 0. The van der Waals surface area contributed by atoms with Crippen LogP contribution in [0.3, 0.4) is 0 Å². The van der Waals surface area contributed by atoms with Gasteiger partial charge in [0.05, 0.1) is 12.4 Å². The van der Waals surface area contributed by atoms with Gasteiger partial charge in [0.2, 0.25) is 0 Å². The van der Waals surface area contributed by atoms with E-state index in [1.807, 2.05) is 19.1 Å². The number of carbonyl (C=O) groups is 1. The molecule has 0 radical (unpaired) electrons. The molecule has 0 saturated heterocycles. The molecule has 1 aromatic carbocycles. The molecule has 0 saturated carbocycles. The summed E-state index contributed by atoms with van der Waals surface area (Å²) < 4.78 is 28.5. The van der Waals surface area contributed by atoms with E-state index >= 15 is 0 Å². The fourth-order valence-corrected chi connectivity index (χ4v) is 3.53. The number of hydrogen-bond donors (Lipinski definition) is 0. The topological polar surface area (TPSA) is 86.2 Å². The van der Waals surface area contributed by atoms with Crippen LogP contribution in [0, 0.1) is 18.8 Å². The summed E-state index contributed by atoms with van der Waals surface area (Å²) in [6, 6.07) is 8.10.